The molecule has 1 N–H and O–H groups in total. The molecule has 0 atom stereocenters. The maximum atomic E-state index is 13.0. The Morgan fingerprint density at radius 1 is 1.07 bits per heavy atom. The molecule has 0 aliphatic carbocycles. The zero-order valence-electron chi connectivity index (χ0n) is 18.3. The van der Waals surface area contributed by atoms with E-state index in [2.05, 4.69) is 20.4 Å². The van der Waals surface area contributed by atoms with Crippen molar-refractivity contribution in [1.29, 1.82) is 0 Å². The summed E-state index contributed by atoms with van der Waals surface area (Å²) in [6, 6.07) is 7.15. The molecule has 158 valence electrons. The maximum Gasteiger partial charge on any atom is 0.274 e. The molecule has 3 rings (SSSR count). The molecule has 0 bridgehead atoms. The fraction of sp³-hybridized carbons (Fsp3) is 0.333. The first-order valence-electron chi connectivity index (χ1n) is 9.35. The predicted molar refractivity (Wildman–Crippen MR) is 116 cm³/mol. The van der Waals surface area contributed by atoms with Gasteiger partial charge in [0.2, 0.25) is 5.95 Å². The SMILES string of the molecule is COc1ccc(OC)c(-c2cc(C(=O)Nc3c(C)nc(N(C)C)nc3C)n(C)n2)c1. The highest BCUT2D eigenvalue weighted by molar-refractivity contribution is 6.04. The van der Waals surface area contributed by atoms with Crippen LogP contribution in [0.3, 0.4) is 0 Å². The highest BCUT2D eigenvalue weighted by Crippen LogP contribution is 2.33. The maximum absolute atomic E-state index is 13.0. The van der Waals surface area contributed by atoms with Crippen LogP contribution in [0.15, 0.2) is 24.3 Å². The smallest absolute Gasteiger partial charge is 0.274 e. The molecule has 3 aromatic rings. The summed E-state index contributed by atoms with van der Waals surface area (Å²) in [6.45, 7) is 3.68. The summed E-state index contributed by atoms with van der Waals surface area (Å²) in [5, 5.41) is 7.41. The lowest BCUT2D eigenvalue weighted by molar-refractivity contribution is 0.101. The summed E-state index contributed by atoms with van der Waals surface area (Å²) in [7, 11) is 8.64. The van der Waals surface area contributed by atoms with Crippen LogP contribution in [0.25, 0.3) is 11.3 Å². The third-order valence-corrected chi connectivity index (χ3v) is 4.69. The number of benzene rings is 1. The monoisotopic (exact) mass is 410 g/mol. The lowest BCUT2D eigenvalue weighted by Gasteiger charge is -2.15. The number of hydrogen-bond acceptors (Lipinski definition) is 7. The molecule has 0 aliphatic heterocycles. The first kappa shape index (κ1) is 21.1. The minimum atomic E-state index is -0.300. The van der Waals surface area contributed by atoms with Crippen molar-refractivity contribution in [1.82, 2.24) is 19.7 Å². The Morgan fingerprint density at radius 2 is 1.73 bits per heavy atom. The molecular weight excluding hydrogens is 384 g/mol. The van der Waals surface area contributed by atoms with Gasteiger partial charge in [-0.3, -0.25) is 9.48 Å². The molecule has 2 heterocycles. The Labute approximate surface area is 175 Å². The molecule has 1 amide bonds. The Bertz CT molecular complexity index is 1070. The van der Waals surface area contributed by atoms with Crippen LogP contribution < -0.4 is 19.7 Å². The molecule has 1 aromatic carbocycles. The van der Waals surface area contributed by atoms with Crippen LogP contribution in [-0.2, 0) is 7.05 Å². The van der Waals surface area contributed by atoms with Gasteiger partial charge in [-0.1, -0.05) is 0 Å². The summed E-state index contributed by atoms with van der Waals surface area (Å²) in [6.07, 6.45) is 0. The van der Waals surface area contributed by atoms with E-state index in [0.29, 0.717) is 45.9 Å². The van der Waals surface area contributed by atoms with Gasteiger partial charge in [-0.2, -0.15) is 5.10 Å². The number of rotatable bonds is 6. The third-order valence-electron chi connectivity index (χ3n) is 4.69. The largest absolute Gasteiger partial charge is 0.497 e. The van der Waals surface area contributed by atoms with Crippen molar-refractivity contribution in [2.24, 2.45) is 7.05 Å². The standard InChI is InChI=1S/C21H26N6O3/c1-12-19(13(2)23-21(22-12)26(3)4)24-20(28)17-11-16(25-27(17)5)15-10-14(29-6)8-9-18(15)30-7/h8-11H,1-7H3,(H,24,28). The van der Waals surface area contributed by atoms with E-state index < -0.39 is 0 Å². The fourth-order valence-corrected chi connectivity index (χ4v) is 3.08. The molecule has 0 aliphatic rings. The quantitative estimate of drug-likeness (QED) is 0.668. The number of aryl methyl sites for hydroxylation is 3. The predicted octanol–water partition coefficient (Wildman–Crippen LogP) is 2.83. The van der Waals surface area contributed by atoms with Gasteiger partial charge in [0.15, 0.2) is 0 Å². The first-order valence-corrected chi connectivity index (χ1v) is 9.35. The number of anilines is 2. The van der Waals surface area contributed by atoms with Gasteiger partial charge < -0.3 is 19.7 Å². The van der Waals surface area contributed by atoms with Crippen molar-refractivity contribution in [2.75, 3.05) is 38.5 Å². The Kier molecular flexibility index (Phi) is 5.91. The lowest BCUT2D eigenvalue weighted by Crippen LogP contribution is -2.20. The molecule has 0 spiro atoms. The normalized spacial score (nSPS) is 10.6. The van der Waals surface area contributed by atoms with Crippen molar-refractivity contribution in [3.63, 3.8) is 0 Å². The van der Waals surface area contributed by atoms with Crippen molar-refractivity contribution in [3.05, 3.63) is 41.3 Å². The van der Waals surface area contributed by atoms with Gasteiger partial charge >= 0.3 is 0 Å². The number of aromatic nitrogens is 4. The highest BCUT2D eigenvalue weighted by atomic mass is 16.5. The molecule has 30 heavy (non-hydrogen) atoms. The van der Waals surface area contributed by atoms with Gasteiger partial charge in [-0.25, -0.2) is 9.97 Å². The molecular formula is C21H26N6O3. The summed E-state index contributed by atoms with van der Waals surface area (Å²) in [4.78, 5) is 23.7. The van der Waals surface area contributed by atoms with Gasteiger partial charge in [0, 0.05) is 26.7 Å². The van der Waals surface area contributed by atoms with Gasteiger partial charge in [0.05, 0.1) is 37.0 Å². The average molecular weight is 410 g/mol. The van der Waals surface area contributed by atoms with Crippen molar-refractivity contribution in [2.45, 2.75) is 13.8 Å². The van der Waals surface area contributed by atoms with Crippen LogP contribution >= 0.6 is 0 Å². The molecule has 0 radical (unpaired) electrons. The molecule has 9 nitrogen and oxygen atoms in total. The molecule has 0 saturated heterocycles. The Balaban J connectivity index is 1.94. The number of carbonyl (C=O) groups is 1. The van der Waals surface area contributed by atoms with Gasteiger partial charge in [-0.15, -0.1) is 0 Å². The first-order chi connectivity index (χ1) is 14.2. The van der Waals surface area contributed by atoms with E-state index in [0.717, 1.165) is 5.56 Å². The zero-order valence-corrected chi connectivity index (χ0v) is 18.3. The summed E-state index contributed by atoms with van der Waals surface area (Å²) in [5.74, 6) is 1.61. The molecule has 0 saturated carbocycles. The van der Waals surface area contributed by atoms with Crippen LogP contribution in [0.4, 0.5) is 11.6 Å². The number of nitrogens with one attached hydrogen (secondary N) is 1. The summed E-state index contributed by atoms with van der Waals surface area (Å²) < 4.78 is 12.3. The zero-order chi connectivity index (χ0) is 22.0. The van der Waals surface area contributed by atoms with Crippen molar-refractivity contribution in [3.8, 4) is 22.8 Å². The Morgan fingerprint density at radius 3 is 2.30 bits per heavy atom. The molecule has 0 fully saturated rings. The average Bonchev–Trinajstić information content (AvgIpc) is 3.11. The van der Waals surface area contributed by atoms with E-state index in [-0.39, 0.29) is 5.91 Å². The number of carbonyl (C=O) groups excluding carboxylic acids is 1. The summed E-state index contributed by atoms with van der Waals surface area (Å²) >= 11 is 0. The summed E-state index contributed by atoms with van der Waals surface area (Å²) in [5.41, 5.74) is 3.70. The topological polar surface area (TPSA) is 94.4 Å². The number of hydrogen-bond donors (Lipinski definition) is 1. The van der Waals surface area contributed by atoms with E-state index >= 15 is 0 Å². The fourth-order valence-electron chi connectivity index (χ4n) is 3.08. The second-order valence-electron chi connectivity index (χ2n) is 7.02. The van der Waals surface area contributed by atoms with Gasteiger partial charge in [0.25, 0.3) is 5.91 Å². The van der Waals surface area contributed by atoms with Crippen LogP contribution in [0, 0.1) is 13.8 Å². The molecule has 9 heteroatoms. The lowest BCUT2D eigenvalue weighted by atomic mass is 10.1. The number of nitrogens with zero attached hydrogens (tertiary/aromatic N) is 5. The second kappa shape index (κ2) is 8.40. The molecule has 2 aromatic heterocycles. The minimum absolute atomic E-state index is 0.300. The number of methoxy groups -OCH3 is 2. The third kappa shape index (κ3) is 4.05. The van der Waals surface area contributed by atoms with Crippen LogP contribution in [0.5, 0.6) is 11.5 Å². The van der Waals surface area contributed by atoms with Crippen molar-refractivity contribution >= 4 is 17.5 Å². The highest BCUT2D eigenvalue weighted by Gasteiger charge is 2.19. The number of ether oxygens (including phenoxy) is 2. The van der Waals surface area contributed by atoms with Gasteiger partial charge in [0.1, 0.15) is 17.2 Å². The van der Waals surface area contributed by atoms with E-state index in [4.69, 9.17) is 9.47 Å². The van der Waals surface area contributed by atoms with E-state index in [1.165, 1.54) is 4.68 Å². The van der Waals surface area contributed by atoms with Crippen molar-refractivity contribution < 1.29 is 14.3 Å². The Hall–Kier alpha value is -3.62. The van der Waals surface area contributed by atoms with E-state index in [9.17, 15) is 4.79 Å². The molecule has 0 unspecified atom stereocenters. The van der Waals surface area contributed by atoms with E-state index in [1.807, 2.05) is 45.0 Å². The minimum Gasteiger partial charge on any atom is -0.497 e. The second-order valence-corrected chi connectivity index (χ2v) is 7.02. The van der Waals surface area contributed by atoms with Crippen LogP contribution in [-0.4, -0.2) is 54.0 Å². The number of amides is 1. The van der Waals surface area contributed by atoms with Crippen LogP contribution in [0.2, 0.25) is 0 Å². The van der Waals surface area contributed by atoms with E-state index in [1.54, 1.807) is 33.4 Å². The van der Waals surface area contributed by atoms with Gasteiger partial charge in [-0.05, 0) is 38.1 Å². The van der Waals surface area contributed by atoms with Crippen LogP contribution in [0.1, 0.15) is 21.9 Å².